The number of piperazine rings is 1. The Morgan fingerprint density at radius 1 is 1.13 bits per heavy atom. The van der Waals surface area contributed by atoms with E-state index < -0.39 is 0 Å². The van der Waals surface area contributed by atoms with Gasteiger partial charge in [0.05, 0.1) is 26.2 Å². The molecule has 2 aliphatic heterocycles. The van der Waals surface area contributed by atoms with E-state index in [1.54, 1.807) is 17.1 Å². The molecule has 0 spiro atoms. The maximum Gasteiger partial charge on any atom is 0.274 e. The summed E-state index contributed by atoms with van der Waals surface area (Å²) < 4.78 is 12.6. The van der Waals surface area contributed by atoms with Gasteiger partial charge in [-0.2, -0.15) is 0 Å². The summed E-state index contributed by atoms with van der Waals surface area (Å²) in [5.41, 5.74) is 2.60. The number of aromatic nitrogens is 3. The molecule has 1 aromatic carbocycles. The molecule has 8 heteroatoms. The lowest BCUT2D eigenvalue weighted by Crippen LogP contribution is -3.13. The predicted octanol–water partition coefficient (Wildman–Crippen LogP) is 0.845. The number of hydrogen-bond donors (Lipinski definition) is 1. The van der Waals surface area contributed by atoms with Crippen molar-refractivity contribution in [3.63, 3.8) is 0 Å². The molecule has 8 nitrogen and oxygen atoms in total. The van der Waals surface area contributed by atoms with Crippen LogP contribution in [0.2, 0.25) is 0 Å². The molecule has 3 aromatic rings. The van der Waals surface area contributed by atoms with Crippen molar-refractivity contribution >= 4 is 5.91 Å². The van der Waals surface area contributed by atoms with Crippen LogP contribution in [0.25, 0.3) is 5.82 Å². The Bertz CT molecular complexity index is 1070. The van der Waals surface area contributed by atoms with E-state index in [-0.39, 0.29) is 5.91 Å². The predicted molar refractivity (Wildman–Crippen MR) is 109 cm³/mol. The Hall–Kier alpha value is -3.39. The normalized spacial score (nSPS) is 16.1. The minimum Gasteiger partial charge on any atom is -0.454 e. The van der Waals surface area contributed by atoms with Gasteiger partial charge in [-0.15, -0.1) is 0 Å². The number of benzene rings is 1. The lowest BCUT2D eigenvalue weighted by molar-refractivity contribution is -0.917. The number of nitrogens with one attached hydrogen (secondary N) is 1. The molecule has 0 bridgehead atoms. The number of amides is 1. The van der Waals surface area contributed by atoms with Crippen molar-refractivity contribution in [1.82, 2.24) is 19.4 Å². The van der Waals surface area contributed by atoms with Gasteiger partial charge in [-0.3, -0.25) is 9.36 Å². The van der Waals surface area contributed by atoms with Crippen LogP contribution in [-0.2, 0) is 6.54 Å². The molecular formula is C22H24N5O3+. The summed E-state index contributed by atoms with van der Waals surface area (Å²) in [6.07, 6.45) is 3.41. The summed E-state index contributed by atoms with van der Waals surface area (Å²) in [5.74, 6) is 2.37. The van der Waals surface area contributed by atoms with Gasteiger partial charge in [-0.25, -0.2) is 9.97 Å². The first-order chi connectivity index (χ1) is 14.7. The van der Waals surface area contributed by atoms with Gasteiger partial charge < -0.3 is 19.3 Å². The highest BCUT2D eigenvalue weighted by atomic mass is 16.7. The third-order valence-electron chi connectivity index (χ3n) is 5.59. The average Bonchev–Trinajstić information content (AvgIpc) is 3.43. The summed E-state index contributed by atoms with van der Waals surface area (Å²) in [6, 6.07) is 11.9. The van der Waals surface area contributed by atoms with Crippen LogP contribution in [0.5, 0.6) is 11.5 Å². The lowest BCUT2D eigenvalue weighted by Gasteiger charge is -2.31. The van der Waals surface area contributed by atoms with E-state index in [1.807, 2.05) is 36.1 Å². The van der Waals surface area contributed by atoms with Crippen molar-refractivity contribution in [3.05, 3.63) is 65.9 Å². The molecule has 30 heavy (non-hydrogen) atoms. The van der Waals surface area contributed by atoms with E-state index in [0.717, 1.165) is 42.6 Å². The Kier molecular flexibility index (Phi) is 4.84. The molecule has 1 N–H and O–H groups in total. The fourth-order valence-electron chi connectivity index (χ4n) is 3.94. The van der Waals surface area contributed by atoms with Gasteiger partial charge in [0, 0.05) is 17.5 Å². The fraction of sp³-hybridized carbons (Fsp3) is 0.318. The number of imidazole rings is 1. The van der Waals surface area contributed by atoms with Crippen molar-refractivity contribution in [2.24, 2.45) is 0 Å². The van der Waals surface area contributed by atoms with Crippen LogP contribution >= 0.6 is 0 Å². The van der Waals surface area contributed by atoms with Gasteiger partial charge in [0.2, 0.25) is 6.79 Å². The number of aryl methyl sites for hydroxylation is 1. The topological polar surface area (TPSA) is 73.9 Å². The number of quaternary nitrogens is 1. The Labute approximate surface area is 174 Å². The van der Waals surface area contributed by atoms with Crippen LogP contribution < -0.4 is 14.4 Å². The first-order valence-corrected chi connectivity index (χ1v) is 10.1. The molecule has 2 aliphatic rings. The highest BCUT2D eigenvalue weighted by Gasteiger charge is 2.26. The molecule has 0 saturated carbocycles. The summed E-state index contributed by atoms with van der Waals surface area (Å²) >= 11 is 0. The standard InChI is InChI=1S/C22H23N5O3/c1-16-3-2-4-21(24-16)27-13-18(23-14-27)22(28)26-9-7-25(8-10-26)12-17-5-6-19-20(11-17)30-15-29-19/h2-6,11,13-14H,7-10,12,15H2,1H3/p+1. The summed E-state index contributed by atoms with van der Waals surface area (Å²) in [4.78, 5) is 25.0. The molecule has 1 saturated heterocycles. The molecule has 0 aliphatic carbocycles. The number of ether oxygens (including phenoxy) is 2. The zero-order chi connectivity index (χ0) is 20.5. The summed E-state index contributed by atoms with van der Waals surface area (Å²) in [7, 11) is 0. The first-order valence-electron chi connectivity index (χ1n) is 10.1. The molecular weight excluding hydrogens is 382 g/mol. The van der Waals surface area contributed by atoms with Crippen molar-refractivity contribution in [1.29, 1.82) is 0 Å². The van der Waals surface area contributed by atoms with E-state index >= 15 is 0 Å². The van der Waals surface area contributed by atoms with Gasteiger partial charge in [-0.1, -0.05) is 6.07 Å². The Morgan fingerprint density at radius 2 is 1.97 bits per heavy atom. The summed E-state index contributed by atoms with van der Waals surface area (Å²) in [6.45, 7) is 6.38. The van der Waals surface area contributed by atoms with Gasteiger partial charge in [0.15, 0.2) is 11.5 Å². The van der Waals surface area contributed by atoms with E-state index in [4.69, 9.17) is 9.47 Å². The largest absolute Gasteiger partial charge is 0.454 e. The second kappa shape index (κ2) is 7.79. The van der Waals surface area contributed by atoms with Crippen molar-refractivity contribution < 1.29 is 19.2 Å². The van der Waals surface area contributed by atoms with E-state index in [2.05, 4.69) is 22.1 Å². The molecule has 2 aromatic heterocycles. The third kappa shape index (κ3) is 3.73. The smallest absolute Gasteiger partial charge is 0.274 e. The minimum absolute atomic E-state index is 0.0245. The third-order valence-corrected chi connectivity index (χ3v) is 5.59. The molecule has 0 radical (unpaired) electrons. The molecule has 5 rings (SSSR count). The van der Waals surface area contributed by atoms with Crippen LogP contribution in [-0.4, -0.2) is 58.3 Å². The lowest BCUT2D eigenvalue weighted by atomic mass is 10.1. The van der Waals surface area contributed by atoms with Gasteiger partial charge >= 0.3 is 0 Å². The molecule has 1 fully saturated rings. The second-order valence-corrected chi connectivity index (χ2v) is 7.71. The van der Waals surface area contributed by atoms with Crippen LogP contribution in [0.4, 0.5) is 0 Å². The zero-order valence-electron chi connectivity index (χ0n) is 16.9. The van der Waals surface area contributed by atoms with Gasteiger partial charge in [0.25, 0.3) is 5.91 Å². The molecule has 0 unspecified atom stereocenters. The van der Waals surface area contributed by atoms with E-state index in [0.29, 0.717) is 25.6 Å². The van der Waals surface area contributed by atoms with Crippen LogP contribution in [0, 0.1) is 6.92 Å². The molecule has 0 atom stereocenters. The highest BCUT2D eigenvalue weighted by Crippen LogP contribution is 2.32. The van der Waals surface area contributed by atoms with E-state index in [1.165, 1.54) is 10.5 Å². The van der Waals surface area contributed by atoms with Crippen molar-refractivity contribution in [2.75, 3.05) is 33.0 Å². The maximum absolute atomic E-state index is 12.9. The fourth-order valence-corrected chi connectivity index (χ4v) is 3.94. The highest BCUT2D eigenvalue weighted by molar-refractivity contribution is 5.92. The molecule has 4 heterocycles. The molecule has 1 amide bonds. The van der Waals surface area contributed by atoms with Crippen LogP contribution in [0.1, 0.15) is 21.7 Å². The zero-order valence-corrected chi connectivity index (χ0v) is 16.9. The SMILES string of the molecule is Cc1cccc(-n2cnc(C(=O)N3CC[NH+](Cc4ccc5c(c4)OCO5)CC3)c2)n1. The summed E-state index contributed by atoms with van der Waals surface area (Å²) in [5, 5.41) is 0. The number of nitrogens with zero attached hydrogens (tertiary/aromatic N) is 4. The van der Waals surface area contributed by atoms with Crippen molar-refractivity contribution in [2.45, 2.75) is 13.5 Å². The van der Waals surface area contributed by atoms with Gasteiger partial charge in [-0.05, 0) is 37.3 Å². The minimum atomic E-state index is -0.0245. The number of carbonyl (C=O) groups is 1. The molecule has 154 valence electrons. The maximum atomic E-state index is 12.9. The Balaban J connectivity index is 1.19. The first kappa shape index (κ1) is 18.6. The Morgan fingerprint density at radius 3 is 2.80 bits per heavy atom. The van der Waals surface area contributed by atoms with Crippen LogP contribution in [0.3, 0.4) is 0 Å². The average molecular weight is 406 g/mol. The quantitative estimate of drug-likeness (QED) is 0.695. The van der Waals surface area contributed by atoms with Crippen molar-refractivity contribution in [3.8, 4) is 17.3 Å². The number of carbonyl (C=O) groups excluding carboxylic acids is 1. The van der Waals surface area contributed by atoms with Crippen LogP contribution in [0.15, 0.2) is 48.9 Å². The second-order valence-electron chi connectivity index (χ2n) is 7.71. The number of fused-ring (bicyclic) bond motifs is 1. The monoisotopic (exact) mass is 406 g/mol. The van der Waals surface area contributed by atoms with E-state index in [9.17, 15) is 4.79 Å². The number of rotatable bonds is 4. The number of hydrogen-bond acceptors (Lipinski definition) is 5. The van der Waals surface area contributed by atoms with Gasteiger partial charge in [0.1, 0.15) is 24.4 Å². The number of pyridine rings is 1.